The van der Waals surface area contributed by atoms with E-state index in [1.807, 2.05) is 24.3 Å². The first kappa shape index (κ1) is 11.9. The van der Waals surface area contributed by atoms with Gasteiger partial charge in [-0.1, -0.05) is 5.16 Å². The number of halogens is 1. The van der Waals surface area contributed by atoms with Gasteiger partial charge in [0.1, 0.15) is 0 Å². The average molecular weight is 344 g/mol. The third-order valence-corrected chi connectivity index (χ3v) is 2.81. The number of nitrogens with one attached hydrogen (secondary N) is 1. The summed E-state index contributed by atoms with van der Waals surface area (Å²) in [5, 5.41) is 15.2. The van der Waals surface area contributed by atoms with Crippen LogP contribution in [-0.2, 0) is 6.54 Å². The smallest absolute Gasteiger partial charge is 0.358 e. The number of nitrogens with zero attached hydrogens (tertiary/aromatic N) is 1. The molecule has 0 aliphatic rings. The summed E-state index contributed by atoms with van der Waals surface area (Å²) >= 11 is 2.23. The first-order valence-electron chi connectivity index (χ1n) is 4.83. The van der Waals surface area contributed by atoms with Gasteiger partial charge in [0.15, 0.2) is 11.5 Å². The zero-order valence-corrected chi connectivity index (χ0v) is 10.8. The highest BCUT2D eigenvalue weighted by atomic mass is 127. The molecule has 5 nitrogen and oxygen atoms in total. The lowest BCUT2D eigenvalue weighted by Crippen LogP contribution is -1.98. The van der Waals surface area contributed by atoms with E-state index in [4.69, 9.17) is 9.63 Å². The zero-order valence-electron chi connectivity index (χ0n) is 8.68. The number of carbonyl (C=O) groups is 1. The SMILES string of the molecule is O=C(O)c1cc(CNc2ccc(I)cc2)on1. The summed E-state index contributed by atoms with van der Waals surface area (Å²) in [6.07, 6.45) is 0. The van der Waals surface area contributed by atoms with Crippen molar-refractivity contribution in [2.45, 2.75) is 6.54 Å². The molecule has 6 heteroatoms. The van der Waals surface area contributed by atoms with Crippen LogP contribution in [0, 0.1) is 3.57 Å². The predicted molar refractivity (Wildman–Crippen MR) is 69.9 cm³/mol. The van der Waals surface area contributed by atoms with Crippen molar-refractivity contribution >= 4 is 34.2 Å². The molecule has 0 atom stereocenters. The monoisotopic (exact) mass is 344 g/mol. The van der Waals surface area contributed by atoms with Crippen LogP contribution in [-0.4, -0.2) is 16.2 Å². The van der Waals surface area contributed by atoms with Crippen molar-refractivity contribution < 1.29 is 14.4 Å². The maximum absolute atomic E-state index is 10.6. The Balaban J connectivity index is 1.97. The van der Waals surface area contributed by atoms with Gasteiger partial charge >= 0.3 is 5.97 Å². The third-order valence-electron chi connectivity index (χ3n) is 2.09. The van der Waals surface area contributed by atoms with Gasteiger partial charge in [-0.3, -0.25) is 0 Å². The van der Waals surface area contributed by atoms with Crippen molar-refractivity contribution in [1.29, 1.82) is 0 Å². The van der Waals surface area contributed by atoms with Gasteiger partial charge < -0.3 is 14.9 Å². The summed E-state index contributed by atoms with van der Waals surface area (Å²) < 4.78 is 6.03. The summed E-state index contributed by atoms with van der Waals surface area (Å²) in [4.78, 5) is 10.6. The van der Waals surface area contributed by atoms with Gasteiger partial charge in [0.25, 0.3) is 0 Å². The molecule has 0 saturated carbocycles. The van der Waals surface area contributed by atoms with Crippen molar-refractivity contribution in [2.75, 3.05) is 5.32 Å². The Morgan fingerprint density at radius 2 is 2.12 bits per heavy atom. The number of aromatic carboxylic acids is 1. The molecule has 0 aliphatic carbocycles. The summed E-state index contributed by atoms with van der Waals surface area (Å²) in [6.45, 7) is 0.404. The van der Waals surface area contributed by atoms with Gasteiger partial charge in [0, 0.05) is 15.3 Å². The van der Waals surface area contributed by atoms with E-state index < -0.39 is 5.97 Å². The molecule has 0 spiro atoms. The molecule has 0 radical (unpaired) electrons. The molecule has 0 fully saturated rings. The summed E-state index contributed by atoms with van der Waals surface area (Å²) in [6, 6.07) is 9.24. The Kier molecular flexibility index (Phi) is 3.62. The fraction of sp³-hybridized carbons (Fsp3) is 0.0909. The van der Waals surface area contributed by atoms with Crippen LogP contribution in [0.2, 0.25) is 0 Å². The fourth-order valence-electron chi connectivity index (χ4n) is 1.25. The lowest BCUT2D eigenvalue weighted by molar-refractivity contribution is 0.0685. The van der Waals surface area contributed by atoms with Gasteiger partial charge in [0.2, 0.25) is 0 Å². The summed E-state index contributed by atoms with van der Waals surface area (Å²) in [5.74, 6) is -0.602. The molecule has 2 N–H and O–H groups in total. The van der Waals surface area contributed by atoms with E-state index in [-0.39, 0.29) is 5.69 Å². The van der Waals surface area contributed by atoms with Gasteiger partial charge in [0.05, 0.1) is 6.54 Å². The highest BCUT2D eigenvalue weighted by molar-refractivity contribution is 14.1. The van der Waals surface area contributed by atoms with E-state index in [9.17, 15) is 4.79 Å². The molecular formula is C11H9IN2O3. The van der Waals surface area contributed by atoms with Crippen LogP contribution < -0.4 is 5.32 Å². The minimum atomic E-state index is -1.09. The first-order chi connectivity index (χ1) is 8.15. The maximum Gasteiger partial charge on any atom is 0.358 e. The van der Waals surface area contributed by atoms with Crippen LogP contribution in [0.1, 0.15) is 16.2 Å². The maximum atomic E-state index is 10.6. The molecule has 2 rings (SSSR count). The third kappa shape index (κ3) is 3.19. The number of benzene rings is 1. The number of aromatic nitrogens is 1. The van der Waals surface area contributed by atoms with Crippen molar-refractivity contribution in [2.24, 2.45) is 0 Å². The summed E-state index contributed by atoms with van der Waals surface area (Å²) in [7, 11) is 0. The molecule has 0 amide bonds. The van der Waals surface area contributed by atoms with Crippen LogP contribution in [0.5, 0.6) is 0 Å². The zero-order chi connectivity index (χ0) is 12.3. The fourth-order valence-corrected chi connectivity index (χ4v) is 1.61. The highest BCUT2D eigenvalue weighted by Gasteiger charge is 2.09. The van der Waals surface area contributed by atoms with E-state index in [1.54, 1.807) is 0 Å². The molecule has 0 unspecified atom stereocenters. The molecule has 0 aliphatic heterocycles. The Hall–Kier alpha value is -1.57. The van der Waals surface area contributed by atoms with Gasteiger partial charge in [-0.2, -0.15) is 0 Å². The van der Waals surface area contributed by atoms with Crippen LogP contribution in [0.4, 0.5) is 5.69 Å². The number of hydrogen-bond acceptors (Lipinski definition) is 4. The normalized spacial score (nSPS) is 10.2. The molecule has 1 aromatic heterocycles. The topological polar surface area (TPSA) is 75.4 Å². The minimum Gasteiger partial charge on any atom is -0.476 e. The van der Waals surface area contributed by atoms with Crippen molar-refractivity contribution in [3.8, 4) is 0 Å². The second-order valence-electron chi connectivity index (χ2n) is 3.34. The van der Waals surface area contributed by atoms with E-state index >= 15 is 0 Å². The van der Waals surface area contributed by atoms with E-state index in [0.717, 1.165) is 9.26 Å². The van der Waals surface area contributed by atoms with Crippen LogP contribution in [0.3, 0.4) is 0 Å². The van der Waals surface area contributed by atoms with Crippen molar-refractivity contribution in [3.05, 3.63) is 45.4 Å². The van der Waals surface area contributed by atoms with E-state index in [2.05, 4.69) is 33.1 Å². The Morgan fingerprint density at radius 1 is 1.41 bits per heavy atom. The predicted octanol–water partition coefficient (Wildman–Crippen LogP) is 2.59. The standard InChI is InChI=1S/C11H9IN2O3/c12-7-1-3-8(4-2-7)13-6-9-5-10(11(15)16)14-17-9/h1-5,13H,6H2,(H,15,16). The van der Waals surface area contributed by atoms with Crippen LogP contribution >= 0.6 is 22.6 Å². The molecule has 1 aromatic carbocycles. The van der Waals surface area contributed by atoms with Crippen molar-refractivity contribution in [1.82, 2.24) is 5.16 Å². The van der Waals surface area contributed by atoms with Crippen LogP contribution in [0.15, 0.2) is 34.9 Å². The molecular weight excluding hydrogens is 335 g/mol. The quantitative estimate of drug-likeness (QED) is 0.834. The van der Waals surface area contributed by atoms with Crippen molar-refractivity contribution in [3.63, 3.8) is 0 Å². The molecule has 88 valence electrons. The van der Waals surface area contributed by atoms with Gasteiger partial charge in [-0.05, 0) is 46.9 Å². The number of rotatable bonds is 4. The first-order valence-corrected chi connectivity index (χ1v) is 5.91. The minimum absolute atomic E-state index is 0.0792. The van der Waals surface area contributed by atoms with Crippen LogP contribution in [0.25, 0.3) is 0 Å². The van der Waals surface area contributed by atoms with E-state index in [0.29, 0.717) is 12.3 Å². The lowest BCUT2D eigenvalue weighted by Gasteiger charge is -2.02. The molecule has 0 bridgehead atoms. The molecule has 0 saturated heterocycles. The number of carboxylic acids is 1. The Labute approximate surface area is 111 Å². The Morgan fingerprint density at radius 3 is 2.71 bits per heavy atom. The highest BCUT2D eigenvalue weighted by Crippen LogP contribution is 2.13. The lowest BCUT2D eigenvalue weighted by atomic mass is 10.3. The second-order valence-corrected chi connectivity index (χ2v) is 4.59. The van der Waals surface area contributed by atoms with E-state index in [1.165, 1.54) is 6.07 Å². The molecule has 17 heavy (non-hydrogen) atoms. The average Bonchev–Trinajstić information content (AvgIpc) is 2.77. The second kappa shape index (κ2) is 5.17. The number of carboxylic acid groups (broad SMARTS) is 1. The Bertz CT molecular complexity index is 522. The largest absolute Gasteiger partial charge is 0.476 e. The van der Waals surface area contributed by atoms with Gasteiger partial charge in [-0.15, -0.1) is 0 Å². The number of anilines is 1. The van der Waals surface area contributed by atoms with Gasteiger partial charge in [-0.25, -0.2) is 4.79 Å². The number of hydrogen-bond donors (Lipinski definition) is 2. The molecule has 1 heterocycles. The molecule has 2 aromatic rings. The summed E-state index contributed by atoms with van der Waals surface area (Å²) in [5.41, 5.74) is 0.864.